The molecule has 2 unspecified atom stereocenters. The van der Waals surface area contributed by atoms with E-state index in [0.717, 1.165) is 29.9 Å². The second kappa shape index (κ2) is 6.15. The van der Waals surface area contributed by atoms with Crippen LogP contribution in [-0.2, 0) is 0 Å². The predicted molar refractivity (Wildman–Crippen MR) is 84.1 cm³/mol. The fourth-order valence-electron chi connectivity index (χ4n) is 2.79. The van der Waals surface area contributed by atoms with Crippen molar-refractivity contribution in [2.45, 2.75) is 33.2 Å². The maximum Gasteiger partial charge on any atom is 0.0474 e. The highest BCUT2D eigenvalue weighted by atomic mass is 35.5. The average molecular weight is 281 g/mol. The van der Waals surface area contributed by atoms with Crippen molar-refractivity contribution in [1.82, 2.24) is 5.32 Å². The van der Waals surface area contributed by atoms with Crippen LogP contribution in [0.3, 0.4) is 0 Å². The molecule has 2 rings (SSSR count). The summed E-state index contributed by atoms with van der Waals surface area (Å²) in [7, 11) is 1.96. The molecule has 1 N–H and O–H groups in total. The molecule has 0 spiro atoms. The molecule has 1 aliphatic rings. The van der Waals surface area contributed by atoms with Gasteiger partial charge in [-0.1, -0.05) is 31.5 Å². The average Bonchev–Trinajstić information content (AvgIpc) is 2.87. The Morgan fingerprint density at radius 2 is 2.05 bits per heavy atom. The van der Waals surface area contributed by atoms with Gasteiger partial charge in [0.15, 0.2) is 0 Å². The molecule has 106 valence electrons. The first-order valence-electron chi connectivity index (χ1n) is 7.24. The molecule has 1 aromatic carbocycles. The van der Waals surface area contributed by atoms with Crippen LogP contribution in [0.1, 0.15) is 38.8 Å². The Morgan fingerprint density at radius 3 is 2.58 bits per heavy atom. The molecule has 0 aromatic heterocycles. The first-order valence-corrected chi connectivity index (χ1v) is 7.62. The lowest BCUT2D eigenvalue weighted by Crippen LogP contribution is -2.21. The van der Waals surface area contributed by atoms with E-state index in [1.165, 1.54) is 17.7 Å². The highest BCUT2D eigenvalue weighted by Gasteiger charge is 2.25. The van der Waals surface area contributed by atoms with Gasteiger partial charge in [-0.3, -0.25) is 0 Å². The predicted octanol–water partition coefficient (Wildman–Crippen LogP) is 4.10. The molecule has 0 bridgehead atoms. The third-order valence-corrected chi connectivity index (χ3v) is 4.74. The van der Waals surface area contributed by atoms with Crippen LogP contribution >= 0.6 is 11.6 Å². The van der Waals surface area contributed by atoms with Crippen LogP contribution in [0, 0.1) is 11.8 Å². The lowest BCUT2D eigenvalue weighted by molar-refractivity contribution is 0.423. The van der Waals surface area contributed by atoms with Crippen LogP contribution in [0.15, 0.2) is 18.2 Å². The fourth-order valence-corrected chi connectivity index (χ4v) is 3.12. The summed E-state index contributed by atoms with van der Waals surface area (Å²) in [6.45, 7) is 9.08. The van der Waals surface area contributed by atoms with Crippen molar-refractivity contribution >= 4 is 17.3 Å². The quantitative estimate of drug-likeness (QED) is 0.893. The molecule has 1 heterocycles. The summed E-state index contributed by atoms with van der Waals surface area (Å²) in [6.07, 6.45) is 1.30. The first-order chi connectivity index (χ1) is 9.02. The molecule has 0 radical (unpaired) electrons. The number of hydrogen-bond acceptors (Lipinski definition) is 2. The largest absolute Gasteiger partial charge is 0.371 e. The molecule has 1 aliphatic heterocycles. The smallest absolute Gasteiger partial charge is 0.0474 e. The third-order valence-electron chi connectivity index (χ3n) is 4.42. The number of rotatable bonds is 4. The van der Waals surface area contributed by atoms with Gasteiger partial charge in [0, 0.05) is 29.8 Å². The summed E-state index contributed by atoms with van der Waals surface area (Å²) >= 11 is 6.41. The molecular formula is C16H25ClN2. The topological polar surface area (TPSA) is 15.3 Å². The van der Waals surface area contributed by atoms with E-state index in [2.05, 4.69) is 49.2 Å². The van der Waals surface area contributed by atoms with Crippen LogP contribution in [0.25, 0.3) is 0 Å². The van der Waals surface area contributed by atoms with Gasteiger partial charge in [0.05, 0.1) is 0 Å². The monoisotopic (exact) mass is 280 g/mol. The highest BCUT2D eigenvalue weighted by molar-refractivity contribution is 6.31. The molecular weight excluding hydrogens is 256 g/mol. The van der Waals surface area contributed by atoms with Gasteiger partial charge in [-0.25, -0.2) is 0 Å². The second-order valence-corrected chi connectivity index (χ2v) is 6.36. The van der Waals surface area contributed by atoms with Crippen LogP contribution in [0.4, 0.5) is 5.69 Å². The minimum Gasteiger partial charge on any atom is -0.371 e. The summed E-state index contributed by atoms with van der Waals surface area (Å²) in [4.78, 5) is 2.46. The van der Waals surface area contributed by atoms with E-state index in [1.807, 2.05) is 7.05 Å². The van der Waals surface area contributed by atoms with Crippen LogP contribution in [0.5, 0.6) is 0 Å². The van der Waals surface area contributed by atoms with Crippen LogP contribution < -0.4 is 10.2 Å². The summed E-state index contributed by atoms with van der Waals surface area (Å²) in [5, 5.41) is 4.10. The van der Waals surface area contributed by atoms with E-state index < -0.39 is 0 Å². The third kappa shape index (κ3) is 3.24. The zero-order chi connectivity index (χ0) is 14.0. The molecule has 0 aliphatic carbocycles. The number of anilines is 1. The zero-order valence-corrected chi connectivity index (χ0v) is 13.2. The normalized spacial score (nSPS) is 21.2. The van der Waals surface area contributed by atoms with E-state index in [9.17, 15) is 0 Å². The lowest BCUT2D eigenvalue weighted by Gasteiger charge is -2.22. The molecule has 2 nitrogen and oxygen atoms in total. The van der Waals surface area contributed by atoms with Crippen molar-refractivity contribution in [1.29, 1.82) is 0 Å². The maximum atomic E-state index is 6.41. The minimum absolute atomic E-state index is 0.295. The summed E-state index contributed by atoms with van der Waals surface area (Å²) in [6, 6.07) is 6.77. The van der Waals surface area contributed by atoms with E-state index in [-0.39, 0.29) is 0 Å². The van der Waals surface area contributed by atoms with Gasteiger partial charge in [0.1, 0.15) is 0 Å². The van der Waals surface area contributed by atoms with Gasteiger partial charge >= 0.3 is 0 Å². The fraction of sp³-hybridized carbons (Fsp3) is 0.625. The molecule has 1 fully saturated rings. The van der Waals surface area contributed by atoms with Crippen molar-refractivity contribution in [3.8, 4) is 0 Å². The molecule has 1 saturated heterocycles. The molecule has 0 amide bonds. The second-order valence-electron chi connectivity index (χ2n) is 5.95. The summed E-state index contributed by atoms with van der Waals surface area (Å²) < 4.78 is 0. The Morgan fingerprint density at radius 1 is 1.32 bits per heavy atom. The minimum atomic E-state index is 0.295. The van der Waals surface area contributed by atoms with Gasteiger partial charge in [0.2, 0.25) is 0 Å². The van der Waals surface area contributed by atoms with E-state index >= 15 is 0 Å². The molecule has 2 atom stereocenters. The van der Waals surface area contributed by atoms with Crippen LogP contribution in [0.2, 0.25) is 5.02 Å². The van der Waals surface area contributed by atoms with Crippen molar-refractivity contribution in [2.75, 3.05) is 25.0 Å². The molecule has 19 heavy (non-hydrogen) atoms. The van der Waals surface area contributed by atoms with Crippen LogP contribution in [-0.4, -0.2) is 20.1 Å². The van der Waals surface area contributed by atoms with Crippen molar-refractivity contribution in [3.63, 3.8) is 0 Å². The first kappa shape index (κ1) is 14.7. The Balaban J connectivity index is 2.13. The maximum absolute atomic E-state index is 6.41. The molecule has 3 heteroatoms. The highest BCUT2D eigenvalue weighted by Crippen LogP contribution is 2.32. The number of hydrogen-bond donors (Lipinski definition) is 1. The summed E-state index contributed by atoms with van der Waals surface area (Å²) in [5.74, 6) is 1.58. The Kier molecular flexibility index (Phi) is 4.75. The Bertz CT molecular complexity index is 431. The van der Waals surface area contributed by atoms with Crippen molar-refractivity contribution in [2.24, 2.45) is 11.8 Å². The standard InChI is InChI=1S/C16H25ClN2/c1-11(2)13-7-8-19(10-13)14-5-6-15(12(3)18-4)16(17)9-14/h5-6,9,11-13,18H,7-8,10H2,1-4H3. The summed E-state index contributed by atoms with van der Waals surface area (Å²) in [5.41, 5.74) is 2.44. The van der Waals surface area contributed by atoms with Crippen molar-refractivity contribution < 1.29 is 0 Å². The van der Waals surface area contributed by atoms with Gasteiger partial charge in [-0.2, -0.15) is 0 Å². The lowest BCUT2D eigenvalue weighted by atomic mass is 9.95. The molecule has 0 saturated carbocycles. The van der Waals surface area contributed by atoms with Gasteiger partial charge < -0.3 is 10.2 Å². The van der Waals surface area contributed by atoms with E-state index in [1.54, 1.807) is 0 Å². The molecule has 1 aromatic rings. The van der Waals surface area contributed by atoms with Crippen molar-refractivity contribution in [3.05, 3.63) is 28.8 Å². The Hall–Kier alpha value is -0.730. The number of benzene rings is 1. The van der Waals surface area contributed by atoms with Gasteiger partial charge in [-0.05, 0) is 49.9 Å². The number of halogens is 1. The number of nitrogens with zero attached hydrogens (tertiary/aromatic N) is 1. The van der Waals surface area contributed by atoms with Gasteiger partial charge in [-0.15, -0.1) is 0 Å². The SMILES string of the molecule is CNC(C)c1ccc(N2CCC(C(C)C)C2)cc1Cl. The van der Waals surface area contributed by atoms with E-state index in [4.69, 9.17) is 11.6 Å². The van der Waals surface area contributed by atoms with E-state index in [0.29, 0.717) is 6.04 Å². The zero-order valence-electron chi connectivity index (χ0n) is 12.4. The van der Waals surface area contributed by atoms with Gasteiger partial charge in [0.25, 0.3) is 0 Å². The number of nitrogens with one attached hydrogen (secondary N) is 1. The Labute approximate surface area is 122 Å².